The van der Waals surface area contributed by atoms with Crippen molar-refractivity contribution in [2.75, 3.05) is 46.9 Å². The van der Waals surface area contributed by atoms with E-state index in [0.29, 0.717) is 95.8 Å². The topological polar surface area (TPSA) is 278 Å². The molecule has 514 valence electrons. The molecule has 0 unspecified atom stereocenters. The molecule has 4 aromatic rings. The van der Waals surface area contributed by atoms with Crippen LogP contribution in [-0.4, -0.2) is 158 Å². The van der Waals surface area contributed by atoms with Crippen molar-refractivity contribution in [2.24, 2.45) is 11.8 Å². The van der Waals surface area contributed by atoms with Gasteiger partial charge in [-0.3, -0.25) is 43.2 Å². The molecule has 11 atom stereocenters. The summed E-state index contributed by atoms with van der Waals surface area (Å²) >= 11 is 0. The molecular weight excluding hydrogens is 1200 g/mol. The minimum Gasteiger partial charge on any atom is -0.362 e. The van der Waals surface area contributed by atoms with E-state index in [-0.39, 0.29) is 91.3 Å². The van der Waals surface area contributed by atoms with Crippen LogP contribution in [-0.2, 0) is 54.4 Å². The van der Waals surface area contributed by atoms with Crippen LogP contribution >= 0.6 is 0 Å². The lowest BCUT2D eigenvalue weighted by Gasteiger charge is -2.33. The van der Waals surface area contributed by atoms with Gasteiger partial charge in [-0.05, 0) is 132 Å². The van der Waals surface area contributed by atoms with E-state index in [4.69, 9.17) is 4.74 Å². The predicted octanol–water partition coefficient (Wildman–Crippen LogP) is 6.37. The summed E-state index contributed by atoms with van der Waals surface area (Å²) in [5.74, 6) is -3.35. The average molecular weight is 1310 g/mol. The van der Waals surface area contributed by atoms with Crippen LogP contribution in [0.15, 0.2) is 121 Å². The first-order valence-electron chi connectivity index (χ1n) is 35.0. The second-order valence-corrected chi connectivity index (χ2v) is 26.0. The van der Waals surface area contributed by atoms with E-state index >= 15 is 0 Å². The first-order valence-corrected chi connectivity index (χ1v) is 35.0. The lowest BCUT2D eigenvalue weighted by atomic mass is 9.90. The molecule has 0 radical (unpaired) electrons. The van der Waals surface area contributed by atoms with Crippen LogP contribution in [0.25, 0.3) is 0 Å². The molecule has 8 rings (SSSR count). The van der Waals surface area contributed by atoms with Crippen molar-refractivity contribution in [2.45, 2.75) is 203 Å². The molecule has 4 aliphatic rings. The highest BCUT2D eigenvalue weighted by molar-refractivity contribution is 5.97. The fraction of sp³-hybridized carbons (Fsp3) is 0.554. The Labute approximate surface area is 561 Å². The summed E-state index contributed by atoms with van der Waals surface area (Å²) in [6, 6.07) is 32.7. The first kappa shape index (κ1) is 73.0. The molecule has 0 spiro atoms. The smallest absolute Gasteiger partial charge is 0.246 e. The molecule has 0 aromatic heterocycles. The quantitative estimate of drug-likeness (QED) is 0.0222. The maximum absolute atomic E-state index is 14.8. The van der Waals surface area contributed by atoms with Crippen LogP contribution in [0.5, 0.6) is 0 Å². The first-order chi connectivity index (χ1) is 46.2. The third kappa shape index (κ3) is 20.8. The Hall–Kier alpha value is -7.85. The number of fused-ring (bicyclic) bond motifs is 2. The van der Waals surface area contributed by atoms with E-state index in [9.17, 15) is 43.2 Å². The van der Waals surface area contributed by atoms with Gasteiger partial charge in [0.1, 0.15) is 43.4 Å². The highest BCUT2D eigenvalue weighted by Gasteiger charge is 2.50. The number of unbranched alkanes of at least 4 members (excludes halogenated alkanes) is 6. The number of carbonyl (C=O) groups is 9. The van der Waals surface area contributed by atoms with Gasteiger partial charge in [0, 0.05) is 44.1 Å². The Kier molecular flexibility index (Phi) is 29.2. The van der Waals surface area contributed by atoms with Crippen molar-refractivity contribution in [3.05, 3.63) is 144 Å². The third-order valence-electron chi connectivity index (χ3n) is 19.7. The summed E-state index contributed by atoms with van der Waals surface area (Å²) in [6.45, 7) is 4.96. The lowest BCUT2D eigenvalue weighted by molar-refractivity contribution is -0.144. The van der Waals surface area contributed by atoms with Crippen LogP contribution < -0.4 is 47.9 Å². The van der Waals surface area contributed by atoms with Gasteiger partial charge in [-0.2, -0.15) is 0 Å². The van der Waals surface area contributed by atoms with Crippen molar-refractivity contribution >= 4 is 53.0 Å². The SMILES string of the molecule is CC[C@H](NC)C(=O)N[C@@H]1C(=O)N2[C@@H](CC[C@@H]1CNC(=O)COCC(=O)NCCCCCCCCCC(=O)[C@@H](NC(=O)[C@@H]1CC[C@@H]3CC[C@H](CCNCc4ccccc4)[C@H](NC(=O)[C@H](CC)NC)C(=O)N31)c1ccccc1)CC[C@H]2C(=O)NC(c1ccccc1)c1ccccc1. The number of rotatable bonds is 37. The van der Waals surface area contributed by atoms with Gasteiger partial charge in [-0.15, -0.1) is 0 Å². The van der Waals surface area contributed by atoms with Crippen LogP contribution in [0.3, 0.4) is 0 Å². The number of likely N-dealkylation sites (N-methyl/N-ethyl adjacent to an activating group) is 2. The van der Waals surface area contributed by atoms with Crippen LogP contribution in [0.1, 0.15) is 170 Å². The Balaban J connectivity index is 0.733. The minimum absolute atomic E-state index is 0.0693. The largest absolute Gasteiger partial charge is 0.362 e. The standard InChI is InChI=1S/C74H103N11O10/c1-5-58(75-3)69(89)82-67-54(43-45-77-46-50-26-16-12-17-27-50)35-37-56-39-42-61(84(56)73(67)93)72(92)81-66(53-32-22-15-23-33-53)62(86)34-24-10-8-7-9-11-25-44-78-63(87)48-95-49-64(88)79-47-55-36-38-57-40-41-60(85(57)74(94)68(55)83-70(90)59(6-2)76-4)71(91)80-65(51-28-18-13-19-29-51)52-30-20-14-21-31-52/h12-23,26-33,54-61,65-68,75-77H,5-11,24-25,34-49H2,1-4H3,(H,78,87)(H,79,88)(H,80,91)(H,81,92)(H,82,89)(H,83,90)/t54-,55-,56+,57+,58+,59+,60+,61+,66+,67+,68+/m1/s1. The van der Waals surface area contributed by atoms with E-state index < -0.39 is 60.2 Å². The normalized spacial score (nSPS) is 21.9. The molecule has 4 fully saturated rings. The number of ether oxygens (including phenoxy) is 1. The summed E-state index contributed by atoms with van der Waals surface area (Å²) in [5.41, 5.74) is 3.66. The van der Waals surface area contributed by atoms with Crippen molar-refractivity contribution in [3.8, 4) is 0 Å². The molecule has 21 nitrogen and oxygen atoms in total. The molecule has 4 saturated heterocycles. The van der Waals surface area contributed by atoms with E-state index in [1.54, 1.807) is 23.9 Å². The minimum atomic E-state index is -1.01. The van der Waals surface area contributed by atoms with Crippen molar-refractivity contribution in [1.29, 1.82) is 0 Å². The maximum atomic E-state index is 14.8. The Morgan fingerprint density at radius 2 is 0.958 bits per heavy atom. The van der Waals surface area contributed by atoms with E-state index in [0.717, 1.165) is 61.6 Å². The number of nitrogens with zero attached hydrogens (tertiary/aromatic N) is 2. The number of Topliss-reactive ketones (excluding diaryl/α,β-unsaturated/α-hetero) is 1. The summed E-state index contributed by atoms with van der Waals surface area (Å²) in [7, 11) is 3.42. The van der Waals surface area contributed by atoms with E-state index in [1.165, 1.54) is 0 Å². The maximum Gasteiger partial charge on any atom is 0.246 e. The molecule has 4 heterocycles. The average Bonchev–Trinajstić information content (AvgIpc) is 1.67. The fourth-order valence-corrected chi connectivity index (χ4v) is 14.3. The van der Waals surface area contributed by atoms with Crippen LogP contribution in [0.2, 0.25) is 0 Å². The number of benzene rings is 4. The summed E-state index contributed by atoms with van der Waals surface area (Å²) in [5, 5.41) is 27.8. The molecule has 0 saturated carbocycles. The molecule has 4 aromatic carbocycles. The van der Waals surface area contributed by atoms with Crippen LogP contribution in [0, 0.1) is 11.8 Å². The number of hydrogen-bond donors (Lipinski definition) is 9. The zero-order valence-corrected chi connectivity index (χ0v) is 56.1. The molecule has 21 heteroatoms. The number of ketones is 1. The van der Waals surface area contributed by atoms with Crippen molar-refractivity contribution in [1.82, 2.24) is 57.7 Å². The van der Waals surface area contributed by atoms with Gasteiger partial charge in [0.05, 0.1) is 18.1 Å². The Bertz CT molecular complexity index is 3060. The molecule has 0 aliphatic carbocycles. The van der Waals surface area contributed by atoms with Crippen molar-refractivity contribution < 1.29 is 47.9 Å². The third-order valence-corrected chi connectivity index (χ3v) is 19.7. The molecule has 0 bridgehead atoms. The zero-order valence-electron chi connectivity index (χ0n) is 56.1. The molecule has 95 heavy (non-hydrogen) atoms. The monoisotopic (exact) mass is 1310 g/mol. The van der Waals surface area contributed by atoms with E-state index in [1.807, 2.05) is 123 Å². The summed E-state index contributed by atoms with van der Waals surface area (Å²) in [6.07, 6.45) is 12.7. The second-order valence-electron chi connectivity index (χ2n) is 26.0. The van der Waals surface area contributed by atoms with Gasteiger partial charge >= 0.3 is 0 Å². The van der Waals surface area contributed by atoms with Gasteiger partial charge in [0.15, 0.2) is 5.78 Å². The lowest BCUT2D eigenvalue weighted by Crippen LogP contribution is -2.59. The molecule has 8 amide bonds. The summed E-state index contributed by atoms with van der Waals surface area (Å²) in [4.78, 5) is 129. The number of nitrogens with one attached hydrogen (secondary N) is 9. The van der Waals surface area contributed by atoms with Gasteiger partial charge in [0.25, 0.3) is 0 Å². The zero-order chi connectivity index (χ0) is 67.5. The van der Waals surface area contributed by atoms with Gasteiger partial charge < -0.3 is 62.4 Å². The van der Waals surface area contributed by atoms with Gasteiger partial charge in [-0.1, -0.05) is 167 Å². The van der Waals surface area contributed by atoms with E-state index in [2.05, 4.69) is 60.0 Å². The van der Waals surface area contributed by atoms with Crippen molar-refractivity contribution in [3.63, 3.8) is 0 Å². The fourth-order valence-electron chi connectivity index (χ4n) is 14.3. The molecule has 4 aliphatic heterocycles. The highest BCUT2D eigenvalue weighted by atomic mass is 16.5. The van der Waals surface area contributed by atoms with Gasteiger partial charge in [-0.25, -0.2) is 0 Å². The molecular formula is C74H103N11O10. The van der Waals surface area contributed by atoms with Gasteiger partial charge in [0.2, 0.25) is 47.3 Å². The Morgan fingerprint density at radius 3 is 1.48 bits per heavy atom. The number of carbonyl (C=O) groups excluding carboxylic acids is 9. The van der Waals surface area contributed by atoms with Crippen LogP contribution in [0.4, 0.5) is 0 Å². The predicted molar refractivity (Wildman–Crippen MR) is 365 cm³/mol. The second kappa shape index (κ2) is 38.0. The highest BCUT2D eigenvalue weighted by Crippen LogP contribution is 2.37. The Morgan fingerprint density at radius 1 is 0.505 bits per heavy atom. The number of hydrogen-bond acceptors (Lipinski definition) is 13. The summed E-state index contributed by atoms with van der Waals surface area (Å²) < 4.78 is 5.51. The molecule has 9 N–H and O–H groups in total. The number of amides is 8.